The van der Waals surface area contributed by atoms with Crippen molar-refractivity contribution >= 4 is 23.9 Å². The fourth-order valence-corrected chi connectivity index (χ4v) is 5.33. The monoisotopic (exact) mass is 772 g/mol. The summed E-state index contributed by atoms with van der Waals surface area (Å²) in [5.41, 5.74) is -2.60. The van der Waals surface area contributed by atoms with E-state index in [-0.39, 0.29) is 0 Å². The zero-order valence-corrected chi connectivity index (χ0v) is 27.3. The van der Waals surface area contributed by atoms with Crippen molar-refractivity contribution in [3.05, 3.63) is 70.8 Å². The zero-order chi connectivity index (χ0) is 40.6. The van der Waals surface area contributed by atoms with Gasteiger partial charge >= 0.3 is 23.9 Å². The third kappa shape index (κ3) is 7.75. The summed E-state index contributed by atoms with van der Waals surface area (Å²) in [5.74, 6) is -17.9. The van der Waals surface area contributed by atoms with Crippen molar-refractivity contribution in [2.75, 3.05) is 0 Å². The van der Waals surface area contributed by atoms with Gasteiger partial charge in [-0.15, -0.1) is 0 Å². The summed E-state index contributed by atoms with van der Waals surface area (Å²) in [6.45, 7) is 0. The number of hydrogen-bond donors (Lipinski definition) is 13. The second-order valence-electron chi connectivity index (χ2n) is 11.8. The molecule has 55 heavy (non-hydrogen) atoms. The molecule has 0 heterocycles. The Hall–Kier alpha value is -7.68. The lowest BCUT2D eigenvalue weighted by Crippen LogP contribution is -2.60. The summed E-state index contributed by atoms with van der Waals surface area (Å²) in [5, 5.41) is 130. The summed E-state index contributed by atoms with van der Waals surface area (Å²) < 4.78 is 21.5. The van der Waals surface area contributed by atoms with Crippen LogP contribution in [0.4, 0.5) is 0 Å². The van der Waals surface area contributed by atoms with E-state index in [0.717, 1.165) is 0 Å². The number of hydrogen-bond acceptors (Lipinski definition) is 21. The molecule has 1 fully saturated rings. The maximum Gasteiger partial charge on any atom is 0.338 e. The van der Waals surface area contributed by atoms with Crippen molar-refractivity contribution in [2.45, 2.75) is 36.9 Å². The average molecular weight is 773 g/mol. The van der Waals surface area contributed by atoms with Crippen molar-refractivity contribution < 1.29 is 105 Å². The van der Waals surface area contributed by atoms with E-state index in [1.165, 1.54) is 0 Å². The van der Waals surface area contributed by atoms with Gasteiger partial charge in [-0.2, -0.15) is 0 Å². The molecule has 13 N–H and O–H groups in total. The Morgan fingerprint density at radius 2 is 0.582 bits per heavy atom. The molecule has 4 aromatic carbocycles. The molecule has 0 saturated heterocycles. The van der Waals surface area contributed by atoms with Crippen molar-refractivity contribution in [1.29, 1.82) is 0 Å². The number of aliphatic hydroxyl groups is 1. The van der Waals surface area contributed by atoms with Crippen LogP contribution in [0.2, 0.25) is 0 Å². The Balaban J connectivity index is 1.57. The van der Waals surface area contributed by atoms with Crippen molar-refractivity contribution in [3.63, 3.8) is 0 Å². The van der Waals surface area contributed by atoms with Crippen LogP contribution in [0.3, 0.4) is 0 Å². The Bertz CT molecular complexity index is 1970. The summed E-state index contributed by atoms with van der Waals surface area (Å²) in [7, 11) is 0. The molecule has 0 radical (unpaired) electrons. The van der Waals surface area contributed by atoms with Crippen LogP contribution in [0.5, 0.6) is 69.0 Å². The number of ether oxygens (including phenoxy) is 4. The molecule has 1 aliphatic carbocycles. The van der Waals surface area contributed by atoms with E-state index in [1.54, 1.807) is 0 Å². The summed E-state index contributed by atoms with van der Waals surface area (Å²) in [6.07, 6.45) is -11.5. The fraction of sp³-hybridized carbons (Fsp3) is 0.176. The number of carbonyl (C=O) groups is 4. The molecule has 4 unspecified atom stereocenters. The molecule has 1 aliphatic rings. The highest BCUT2D eigenvalue weighted by Gasteiger charge is 2.52. The average Bonchev–Trinajstić information content (AvgIpc) is 3.12. The van der Waals surface area contributed by atoms with Crippen molar-refractivity contribution in [2.24, 2.45) is 0 Å². The van der Waals surface area contributed by atoms with Gasteiger partial charge in [-0.3, -0.25) is 0 Å². The van der Waals surface area contributed by atoms with Crippen LogP contribution in [0.25, 0.3) is 0 Å². The number of benzene rings is 4. The first-order chi connectivity index (χ1) is 25.8. The minimum Gasteiger partial charge on any atom is -0.504 e. The van der Waals surface area contributed by atoms with E-state index in [1.807, 2.05) is 0 Å². The second kappa shape index (κ2) is 14.7. The van der Waals surface area contributed by atoms with Gasteiger partial charge in [0.1, 0.15) is 18.3 Å². The molecule has 4 atom stereocenters. The third-order valence-corrected chi connectivity index (χ3v) is 8.10. The molecule has 0 aromatic heterocycles. The minimum atomic E-state index is -2.40. The maximum absolute atomic E-state index is 13.3. The number of esters is 4. The highest BCUT2D eigenvalue weighted by atomic mass is 16.6. The van der Waals surface area contributed by atoms with Gasteiger partial charge in [0.2, 0.25) is 0 Å². The molecule has 4 aromatic rings. The van der Waals surface area contributed by atoms with Crippen LogP contribution in [0.15, 0.2) is 48.5 Å². The molecule has 5 rings (SSSR count). The summed E-state index contributed by atoms with van der Waals surface area (Å²) >= 11 is 0. The number of aliphatic hydroxyl groups excluding tert-OH is 1. The largest absolute Gasteiger partial charge is 0.504 e. The summed E-state index contributed by atoms with van der Waals surface area (Å²) in [6, 6.07) is 5.10. The molecule has 0 bridgehead atoms. The molecule has 1 saturated carbocycles. The Kier molecular flexibility index (Phi) is 10.3. The number of phenols is 12. The van der Waals surface area contributed by atoms with E-state index >= 15 is 0 Å². The molecule has 21 heteroatoms. The fourth-order valence-electron chi connectivity index (χ4n) is 5.33. The smallest absolute Gasteiger partial charge is 0.338 e. The van der Waals surface area contributed by atoms with Crippen molar-refractivity contribution in [3.8, 4) is 69.0 Å². The highest BCUT2D eigenvalue weighted by Crippen LogP contribution is 2.40. The van der Waals surface area contributed by atoms with Crippen molar-refractivity contribution in [1.82, 2.24) is 0 Å². The maximum atomic E-state index is 13.3. The molecular weight excluding hydrogens is 744 g/mol. The first kappa shape index (κ1) is 38.5. The summed E-state index contributed by atoms with van der Waals surface area (Å²) in [4.78, 5) is 53.1. The normalized spacial score (nSPS) is 19.2. The Morgan fingerprint density at radius 1 is 0.382 bits per heavy atom. The van der Waals surface area contributed by atoms with Gasteiger partial charge < -0.3 is 85.3 Å². The van der Waals surface area contributed by atoms with E-state index in [2.05, 4.69) is 0 Å². The first-order valence-electron chi connectivity index (χ1n) is 15.3. The predicted molar refractivity (Wildman–Crippen MR) is 173 cm³/mol. The molecule has 0 spiro atoms. The lowest BCUT2D eigenvalue weighted by Gasteiger charge is -2.42. The van der Waals surface area contributed by atoms with Gasteiger partial charge in [-0.1, -0.05) is 0 Å². The van der Waals surface area contributed by atoms with Crippen LogP contribution in [-0.2, 0) is 18.9 Å². The lowest BCUT2D eigenvalue weighted by atomic mass is 9.86. The highest BCUT2D eigenvalue weighted by molar-refractivity contribution is 5.94. The van der Waals surface area contributed by atoms with Crippen LogP contribution in [0, 0.1) is 0 Å². The van der Waals surface area contributed by atoms with E-state index in [9.17, 15) is 85.6 Å². The van der Waals surface area contributed by atoms with Gasteiger partial charge in [-0.25, -0.2) is 19.2 Å². The molecule has 0 aliphatic heterocycles. The van der Waals surface area contributed by atoms with Crippen LogP contribution in [-0.4, -0.2) is 121 Å². The third-order valence-electron chi connectivity index (χ3n) is 8.10. The van der Waals surface area contributed by atoms with E-state index in [4.69, 9.17) is 18.9 Å². The number of aromatic hydroxyl groups is 12. The zero-order valence-electron chi connectivity index (χ0n) is 27.3. The van der Waals surface area contributed by atoms with Gasteiger partial charge in [0.05, 0.1) is 22.3 Å². The first-order valence-corrected chi connectivity index (χ1v) is 15.3. The molecule has 21 nitrogen and oxygen atoms in total. The Labute approximate surface area is 305 Å². The van der Waals surface area contributed by atoms with Crippen LogP contribution < -0.4 is 0 Å². The molecule has 0 amide bonds. The number of phenolic OH excluding ortho intramolecular Hbond substituents is 12. The predicted octanol–water partition coefficient (Wildman–Crippen LogP) is 1.12. The SMILES string of the molecule is O=C(OC1CC(OC(=O)c2cc(O)c(O)c(O)c2)C(OC(=O)c2cc(O)c(O)c(O)c2)C(O)C1OC(=O)c1cc(O)c(O)c(O)c1)c1cc(O)c(O)c(O)c1. The molecule has 290 valence electrons. The lowest BCUT2D eigenvalue weighted by molar-refractivity contribution is -0.181. The standard InChI is InChI=1S/C34H28O21/c35-14-1-10(2-15(36)24(14)43)31(48)52-22-9-23(53-32(49)11-3-16(37)25(44)17(38)4-11)30(55-34(51)13-7-20(41)27(46)21(42)8-13)28(47)29(22)54-33(50)12-5-18(39)26(45)19(40)6-12/h1-8,22-23,28-30,35-47H,9H2. The number of rotatable bonds is 8. The van der Waals surface area contributed by atoms with Gasteiger partial charge in [0.15, 0.2) is 81.2 Å². The second-order valence-corrected chi connectivity index (χ2v) is 11.8. The number of carbonyl (C=O) groups excluding carboxylic acids is 4. The topological polar surface area (TPSA) is 368 Å². The van der Waals surface area contributed by atoms with E-state index in [0.29, 0.717) is 48.5 Å². The Morgan fingerprint density at radius 3 is 0.800 bits per heavy atom. The minimum absolute atomic E-state index is 0.629. The molecular formula is C34H28O21. The quantitative estimate of drug-likeness (QED) is 0.0677. The van der Waals surface area contributed by atoms with Gasteiger partial charge in [0, 0.05) is 6.42 Å². The van der Waals surface area contributed by atoms with Gasteiger partial charge in [-0.05, 0) is 48.5 Å². The van der Waals surface area contributed by atoms with Crippen LogP contribution in [0.1, 0.15) is 47.9 Å². The van der Waals surface area contributed by atoms with Gasteiger partial charge in [0.25, 0.3) is 0 Å². The van der Waals surface area contributed by atoms with Crippen LogP contribution >= 0.6 is 0 Å². The van der Waals surface area contributed by atoms with E-state index < -0.39 is 152 Å².